The molecule has 7 N–H and O–H groups in total. The lowest BCUT2D eigenvalue weighted by Crippen LogP contribution is -2.69. The lowest BCUT2D eigenvalue weighted by molar-refractivity contribution is -0.462. The van der Waals surface area contributed by atoms with Crippen molar-refractivity contribution in [1.29, 1.82) is 0 Å². The Bertz CT molecular complexity index is 958. The molecule has 3 fully saturated rings. The van der Waals surface area contributed by atoms with Crippen LogP contribution >= 0.6 is 11.8 Å². The first kappa shape index (κ1) is 34.6. The fourth-order valence-corrected chi connectivity index (χ4v) is 7.30. The van der Waals surface area contributed by atoms with Crippen LogP contribution in [-0.4, -0.2) is 82.1 Å². The number of ketones is 1. The second kappa shape index (κ2) is 14.8. The number of likely N-dealkylation sites (tertiary alicyclic amines) is 1. The number of hydrogen-bond donors (Lipinski definition) is 5. The van der Waals surface area contributed by atoms with E-state index in [1.165, 1.54) is 6.42 Å². The van der Waals surface area contributed by atoms with E-state index in [0.717, 1.165) is 50.7 Å². The van der Waals surface area contributed by atoms with Crippen molar-refractivity contribution in [2.24, 2.45) is 23.2 Å². The molecule has 1 aliphatic heterocycles. The number of nitrogens with one attached hydrogen (secondary N) is 3. The lowest BCUT2D eigenvalue weighted by atomic mass is 9.79. The summed E-state index contributed by atoms with van der Waals surface area (Å²) in [6.07, 6.45) is 9.84. The molecule has 1 heterocycles. The van der Waals surface area contributed by atoms with Crippen LogP contribution < -0.4 is 21.7 Å². The van der Waals surface area contributed by atoms with Gasteiger partial charge in [0.15, 0.2) is 0 Å². The van der Waals surface area contributed by atoms with Gasteiger partial charge in [0.05, 0.1) is 6.04 Å². The molecule has 0 aromatic carbocycles. The molecule has 2 saturated carbocycles. The molecule has 0 aromatic rings. The van der Waals surface area contributed by atoms with Crippen molar-refractivity contribution < 1.29 is 30.0 Å². The summed E-state index contributed by atoms with van der Waals surface area (Å²) in [5.41, 5.74) is 2.59. The SMILES string of the molecule is CSCCC1(NC(=O)N[C@H](C(=O)N2CC[C@H](C(C)C)[C@H]2C(=O)NC(CC2CC2)C(=O)C([NH3+])O)C(C)(C)C)CCCCC1. The van der Waals surface area contributed by atoms with Crippen molar-refractivity contribution in [3.8, 4) is 0 Å². The summed E-state index contributed by atoms with van der Waals surface area (Å²) < 4.78 is 0. The summed E-state index contributed by atoms with van der Waals surface area (Å²) in [5, 5.41) is 19.1. The Kier molecular flexibility index (Phi) is 12.2. The molecule has 11 heteroatoms. The van der Waals surface area contributed by atoms with Gasteiger partial charge in [-0.3, -0.25) is 14.4 Å². The van der Waals surface area contributed by atoms with Crippen LogP contribution in [0.15, 0.2) is 0 Å². The van der Waals surface area contributed by atoms with Gasteiger partial charge in [-0.2, -0.15) is 11.8 Å². The number of aliphatic hydroxyl groups is 1. The Balaban J connectivity index is 1.81. The summed E-state index contributed by atoms with van der Waals surface area (Å²) in [6, 6.07) is -2.79. The van der Waals surface area contributed by atoms with E-state index in [1.807, 2.05) is 34.6 Å². The average molecular weight is 611 g/mol. The molecule has 1 saturated heterocycles. The third-order valence-corrected chi connectivity index (χ3v) is 10.1. The quantitative estimate of drug-likeness (QED) is 0.202. The highest BCUT2D eigenvalue weighted by Crippen LogP contribution is 2.36. The van der Waals surface area contributed by atoms with Crippen molar-refractivity contribution in [2.45, 2.75) is 129 Å². The van der Waals surface area contributed by atoms with Gasteiger partial charge in [0.2, 0.25) is 23.8 Å². The Labute approximate surface area is 256 Å². The third kappa shape index (κ3) is 9.08. The average Bonchev–Trinajstić information content (AvgIpc) is 3.62. The van der Waals surface area contributed by atoms with Crippen LogP contribution in [0.1, 0.15) is 98.8 Å². The minimum absolute atomic E-state index is 0.0956. The molecule has 2 aliphatic carbocycles. The number of aliphatic hydroxyl groups excluding tert-OH is 1. The standard InChI is InChI=1S/C31H55N5O5S/c1-19(2)21-12-16-36(23(21)27(39)33-22(18-20-10-11-20)24(37)26(32)38)28(40)25(30(3,4)5)34-29(41)35-31(15-17-42-6)13-8-7-9-14-31/h19-23,25-26,38H,7-18,32H2,1-6H3,(H,33,39)(H2,34,35,41)/p+1/t21-,22?,23+,25-,26?/m1/s1. The molecule has 10 nitrogen and oxygen atoms in total. The number of hydrogen-bond acceptors (Lipinski definition) is 6. The zero-order valence-electron chi connectivity index (χ0n) is 26.7. The number of thioether (sulfide) groups is 1. The monoisotopic (exact) mass is 610 g/mol. The van der Waals surface area contributed by atoms with Gasteiger partial charge in [-0.15, -0.1) is 0 Å². The number of quaternary nitrogens is 1. The maximum absolute atomic E-state index is 14.3. The Hall–Kier alpha value is -1.85. The van der Waals surface area contributed by atoms with Crippen LogP contribution in [0.5, 0.6) is 0 Å². The van der Waals surface area contributed by atoms with E-state index in [9.17, 15) is 24.3 Å². The molecule has 3 rings (SSSR count). The molecular formula is C31H56N5O5S+. The van der Waals surface area contributed by atoms with E-state index in [-0.39, 0.29) is 35.2 Å². The maximum atomic E-state index is 14.3. The molecule has 4 amide bonds. The molecule has 240 valence electrons. The van der Waals surface area contributed by atoms with Crippen LogP contribution in [0.2, 0.25) is 0 Å². The van der Waals surface area contributed by atoms with Crippen LogP contribution in [0.4, 0.5) is 4.79 Å². The number of rotatable bonds is 13. The first-order valence-electron chi connectivity index (χ1n) is 15.9. The van der Waals surface area contributed by atoms with E-state index in [1.54, 1.807) is 16.7 Å². The third-order valence-electron chi connectivity index (χ3n) is 9.47. The number of carbonyl (C=O) groups is 4. The number of Topliss-reactive ketones (excluding diaryl/α,β-unsaturated/α-hetero) is 1. The second-order valence-corrected chi connectivity index (χ2v) is 15.3. The minimum Gasteiger partial charge on any atom is -0.344 e. The van der Waals surface area contributed by atoms with Crippen LogP contribution in [0.25, 0.3) is 0 Å². The molecule has 2 unspecified atom stereocenters. The Morgan fingerprint density at radius 2 is 1.69 bits per heavy atom. The minimum atomic E-state index is -1.42. The largest absolute Gasteiger partial charge is 0.344 e. The van der Waals surface area contributed by atoms with Gasteiger partial charge >= 0.3 is 6.03 Å². The number of nitrogens with zero attached hydrogens (tertiary/aromatic N) is 1. The van der Waals surface area contributed by atoms with E-state index in [0.29, 0.717) is 25.3 Å². The van der Waals surface area contributed by atoms with E-state index in [2.05, 4.69) is 27.9 Å². The van der Waals surface area contributed by atoms with Gasteiger partial charge in [-0.25, -0.2) is 4.79 Å². The van der Waals surface area contributed by atoms with Gasteiger partial charge < -0.3 is 31.7 Å². The van der Waals surface area contributed by atoms with Crippen molar-refractivity contribution in [1.82, 2.24) is 20.9 Å². The van der Waals surface area contributed by atoms with E-state index in [4.69, 9.17) is 0 Å². The molecule has 42 heavy (non-hydrogen) atoms. The summed E-state index contributed by atoms with van der Waals surface area (Å²) in [5.74, 6) is 0.161. The highest BCUT2D eigenvalue weighted by molar-refractivity contribution is 7.98. The molecule has 0 aromatic heterocycles. The van der Waals surface area contributed by atoms with Gasteiger partial charge in [0, 0.05) is 12.1 Å². The van der Waals surface area contributed by atoms with Crippen LogP contribution in [0, 0.1) is 23.2 Å². The summed E-state index contributed by atoms with van der Waals surface area (Å²) >= 11 is 1.77. The predicted molar refractivity (Wildman–Crippen MR) is 165 cm³/mol. The first-order chi connectivity index (χ1) is 19.7. The van der Waals surface area contributed by atoms with E-state index < -0.39 is 35.6 Å². The molecule has 0 bridgehead atoms. The number of amides is 4. The summed E-state index contributed by atoms with van der Waals surface area (Å²) in [7, 11) is 0. The van der Waals surface area contributed by atoms with Gasteiger partial charge in [-0.1, -0.05) is 66.7 Å². The van der Waals surface area contributed by atoms with Crippen molar-refractivity contribution >= 4 is 35.4 Å². The van der Waals surface area contributed by atoms with Crippen LogP contribution in [0.3, 0.4) is 0 Å². The zero-order chi connectivity index (χ0) is 31.2. The summed E-state index contributed by atoms with van der Waals surface area (Å²) in [4.78, 5) is 55.9. The smallest absolute Gasteiger partial charge is 0.315 e. The maximum Gasteiger partial charge on any atom is 0.315 e. The fourth-order valence-electron chi connectivity index (χ4n) is 6.71. The first-order valence-corrected chi connectivity index (χ1v) is 17.3. The lowest BCUT2D eigenvalue weighted by Gasteiger charge is -2.40. The second-order valence-electron chi connectivity index (χ2n) is 14.3. The summed E-state index contributed by atoms with van der Waals surface area (Å²) in [6.45, 7) is 10.2. The molecule has 0 spiro atoms. The van der Waals surface area contributed by atoms with Crippen molar-refractivity contribution in [2.75, 3.05) is 18.6 Å². The fraction of sp³-hybridized carbons (Fsp3) is 0.871. The van der Waals surface area contributed by atoms with Gasteiger partial charge in [-0.05, 0) is 67.3 Å². The normalized spacial score (nSPS) is 24.5. The van der Waals surface area contributed by atoms with Crippen molar-refractivity contribution in [3.05, 3.63) is 0 Å². The zero-order valence-corrected chi connectivity index (χ0v) is 27.5. The Morgan fingerprint density at radius 3 is 2.21 bits per heavy atom. The van der Waals surface area contributed by atoms with Crippen LogP contribution in [-0.2, 0) is 14.4 Å². The molecular weight excluding hydrogens is 554 g/mol. The van der Waals surface area contributed by atoms with Gasteiger partial charge in [0.25, 0.3) is 0 Å². The highest BCUT2D eigenvalue weighted by Gasteiger charge is 2.48. The number of carbonyl (C=O) groups excluding carboxylic acids is 4. The number of urea groups is 1. The predicted octanol–water partition coefficient (Wildman–Crippen LogP) is 2.44. The Morgan fingerprint density at radius 1 is 1.05 bits per heavy atom. The van der Waals surface area contributed by atoms with Crippen molar-refractivity contribution in [3.63, 3.8) is 0 Å². The van der Waals surface area contributed by atoms with Gasteiger partial charge in [0.1, 0.15) is 12.1 Å². The topological polar surface area (TPSA) is 155 Å². The van der Waals surface area contributed by atoms with E-state index >= 15 is 0 Å². The molecule has 0 radical (unpaired) electrons. The molecule has 3 aliphatic rings. The molecule has 5 atom stereocenters. The highest BCUT2D eigenvalue weighted by atomic mass is 32.2.